The maximum Gasteiger partial charge on any atom is 0.127 e. The summed E-state index contributed by atoms with van der Waals surface area (Å²) in [6.07, 6.45) is 2.31. The summed E-state index contributed by atoms with van der Waals surface area (Å²) in [6.45, 7) is 3.55. The Hall–Kier alpha value is -1.26. The van der Waals surface area contributed by atoms with Crippen molar-refractivity contribution in [3.8, 4) is 11.5 Å². The van der Waals surface area contributed by atoms with Gasteiger partial charge in [0.25, 0.3) is 0 Å². The summed E-state index contributed by atoms with van der Waals surface area (Å²) in [6, 6.07) is 5.72. The van der Waals surface area contributed by atoms with Crippen LogP contribution in [0.1, 0.15) is 24.4 Å². The minimum Gasteiger partial charge on any atom is -0.508 e. The summed E-state index contributed by atoms with van der Waals surface area (Å²) in [4.78, 5) is 2.37. The van der Waals surface area contributed by atoms with E-state index in [1.807, 2.05) is 6.07 Å². The molecule has 0 saturated carbocycles. The minimum absolute atomic E-state index is 0.270. The highest BCUT2D eigenvalue weighted by Gasteiger charge is 2.29. The molecule has 1 aromatic carbocycles. The molecule has 4 nitrogen and oxygen atoms in total. The van der Waals surface area contributed by atoms with Gasteiger partial charge in [-0.2, -0.15) is 0 Å². The van der Waals surface area contributed by atoms with Crippen LogP contribution in [0.5, 0.6) is 11.5 Å². The number of benzene rings is 1. The number of ether oxygens (including phenoxy) is 2. The number of aromatic hydroxyl groups is 1. The number of likely N-dealkylation sites (N-methyl/N-ethyl adjacent to an activating group) is 1. The van der Waals surface area contributed by atoms with Crippen molar-refractivity contribution in [2.24, 2.45) is 5.92 Å². The van der Waals surface area contributed by atoms with Gasteiger partial charge in [0.15, 0.2) is 0 Å². The molecule has 19 heavy (non-hydrogen) atoms. The SMILES string of the molecule is CN(CC1CCOCC1)C1COc2cc(O)ccc21. The summed E-state index contributed by atoms with van der Waals surface area (Å²) < 4.78 is 11.1. The first kappa shape index (κ1) is 12.8. The number of nitrogens with zero attached hydrogens (tertiary/aromatic N) is 1. The monoisotopic (exact) mass is 263 g/mol. The highest BCUT2D eigenvalue weighted by Crippen LogP contribution is 2.38. The van der Waals surface area contributed by atoms with Gasteiger partial charge in [-0.15, -0.1) is 0 Å². The van der Waals surface area contributed by atoms with Crippen molar-refractivity contribution in [3.63, 3.8) is 0 Å². The molecule has 1 N–H and O–H groups in total. The van der Waals surface area contributed by atoms with Gasteiger partial charge >= 0.3 is 0 Å². The highest BCUT2D eigenvalue weighted by atomic mass is 16.5. The zero-order valence-corrected chi connectivity index (χ0v) is 11.3. The lowest BCUT2D eigenvalue weighted by Gasteiger charge is -2.30. The Balaban J connectivity index is 1.67. The lowest BCUT2D eigenvalue weighted by molar-refractivity contribution is 0.0486. The van der Waals surface area contributed by atoms with Crippen LogP contribution < -0.4 is 4.74 Å². The normalized spacial score (nSPS) is 23.4. The second-order valence-electron chi connectivity index (χ2n) is 5.54. The van der Waals surface area contributed by atoms with Crippen LogP contribution in [-0.2, 0) is 4.74 Å². The molecule has 3 rings (SSSR count). The van der Waals surface area contributed by atoms with Crippen molar-refractivity contribution < 1.29 is 14.6 Å². The van der Waals surface area contributed by atoms with Gasteiger partial charge in [0, 0.05) is 31.4 Å². The predicted molar refractivity (Wildman–Crippen MR) is 72.5 cm³/mol. The first-order chi connectivity index (χ1) is 9.24. The Morgan fingerprint density at radius 3 is 2.89 bits per heavy atom. The first-order valence-electron chi connectivity index (χ1n) is 6.98. The number of hydrogen-bond acceptors (Lipinski definition) is 4. The van der Waals surface area contributed by atoms with E-state index in [4.69, 9.17) is 9.47 Å². The van der Waals surface area contributed by atoms with E-state index in [1.165, 1.54) is 5.56 Å². The van der Waals surface area contributed by atoms with Crippen molar-refractivity contribution >= 4 is 0 Å². The van der Waals surface area contributed by atoms with Crippen LogP contribution in [0, 0.1) is 5.92 Å². The standard InChI is InChI=1S/C15H21NO3/c1-16(9-11-4-6-18-7-5-11)14-10-19-15-8-12(17)2-3-13(14)15/h2-3,8,11,14,17H,4-7,9-10H2,1H3. The molecule has 1 saturated heterocycles. The van der Waals surface area contributed by atoms with Gasteiger partial charge in [-0.1, -0.05) is 0 Å². The molecular weight excluding hydrogens is 242 g/mol. The molecule has 104 valence electrons. The van der Waals surface area contributed by atoms with Crippen molar-refractivity contribution in [1.82, 2.24) is 4.90 Å². The Labute approximate surface area is 113 Å². The summed E-state index contributed by atoms with van der Waals surface area (Å²) in [5.74, 6) is 1.82. The van der Waals surface area contributed by atoms with E-state index in [0.717, 1.165) is 44.3 Å². The number of phenols is 1. The minimum atomic E-state index is 0.270. The number of rotatable bonds is 3. The van der Waals surface area contributed by atoms with Gasteiger partial charge in [0.1, 0.15) is 18.1 Å². The molecule has 0 aromatic heterocycles. The molecule has 1 unspecified atom stereocenters. The summed E-state index contributed by atoms with van der Waals surface area (Å²) in [5, 5.41) is 9.47. The summed E-state index contributed by atoms with van der Waals surface area (Å²) in [5.41, 5.74) is 1.19. The van der Waals surface area contributed by atoms with Crippen molar-refractivity contribution in [1.29, 1.82) is 0 Å². The Morgan fingerprint density at radius 1 is 1.32 bits per heavy atom. The smallest absolute Gasteiger partial charge is 0.127 e. The van der Waals surface area contributed by atoms with E-state index < -0.39 is 0 Å². The maximum absolute atomic E-state index is 9.47. The van der Waals surface area contributed by atoms with Gasteiger partial charge in [0.2, 0.25) is 0 Å². The number of fused-ring (bicyclic) bond motifs is 1. The second-order valence-corrected chi connectivity index (χ2v) is 5.54. The zero-order chi connectivity index (χ0) is 13.2. The third-order valence-electron chi connectivity index (χ3n) is 4.17. The number of hydrogen-bond donors (Lipinski definition) is 1. The molecule has 1 fully saturated rings. The van der Waals surface area contributed by atoms with Gasteiger partial charge in [-0.3, -0.25) is 4.90 Å². The van der Waals surface area contributed by atoms with E-state index in [2.05, 4.69) is 11.9 Å². The van der Waals surface area contributed by atoms with Crippen LogP contribution in [0.4, 0.5) is 0 Å². The average molecular weight is 263 g/mol. The molecule has 1 aromatic rings. The molecule has 0 radical (unpaired) electrons. The summed E-state index contributed by atoms with van der Waals surface area (Å²) >= 11 is 0. The fraction of sp³-hybridized carbons (Fsp3) is 0.600. The topological polar surface area (TPSA) is 41.9 Å². The van der Waals surface area contributed by atoms with E-state index in [1.54, 1.807) is 12.1 Å². The quantitative estimate of drug-likeness (QED) is 0.907. The van der Waals surface area contributed by atoms with Crippen molar-refractivity contribution in [2.45, 2.75) is 18.9 Å². The molecular formula is C15H21NO3. The van der Waals surface area contributed by atoms with Crippen LogP contribution in [0.2, 0.25) is 0 Å². The molecule has 2 aliphatic rings. The molecule has 1 atom stereocenters. The molecule has 0 aliphatic carbocycles. The lowest BCUT2D eigenvalue weighted by Crippen LogP contribution is -2.33. The molecule has 0 bridgehead atoms. The van der Waals surface area contributed by atoms with Crippen LogP contribution in [0.15, 0.2) is 18.2 Å². The van der Waals surface area contributed by atoms with E-state index in [9.17, 15) is 5.11 Å². The van der Waals surface area contributed by atoms with E-state index >= 15 is 0 Å². The van der Waals surface area contributed by atoms with Gasteiger partial charge in [0.05, 0.1) is 6.04 Å². The van der Waals surface area contributed by atoms with Crippen LogP contribution in [-0.4, -0.2) is 43.4 Å². The van der Waals surface area contributed by atoms with Crippen LogP contribution in [0.25, 0.3) is 0 Å². The van der Waals surface area contributed by atoms with E-state index in [-0.39, 0.29) is 5.75 Å². The largest absolute Gasteiger partial charge is 0.508 e. The molecule has 0 spiro atoms. The fourth-order valence-electron chi connectivity index (χ4n) is 3.01. The highest BCUT2D eigenvalue weighted by molar-refractivity contribution is 5.44. The van der Waals surface area contributed by atoms with Crippen molar-refractivity contribution in [2.75, 3.05) is 33.4 Å². The lowest BCUT2D eigenvalue weighted by atomic mass is 9.98. The number of phenolic OH excluding ortho intramolecular Hbond substituents is 1. The van der Waals surface area contributed by atoms with Crippen LogP contribution >= 0.6 is 0 Å². The first-order valence-corrected chi connectivity index (χ1v) is 6.98. The molecule has 2 aliphatic heterocycles. The van der Waals surface area contributed by atoms with Crippen LogP contribution in [0.3, 0.4) is 0 Å². The predicted octanol–water partition coefficient (Wildman–Crippen LogP) is 2.18. The third-order valence-corrected chi connectivity index (χ3v) is 4.17. The summed E-state index contributed by atoms with van der Waals surface area (Å²) in [7, 11) is 2.16. The Kier molecular flexibility index (Phi) is 3.62. The third kappa shape index (κ3) is 2.69. The maximum atomic E-state index is 9.47. The van der Waals surface area contributed by atoms with Gasteiger partial charge in [-0.05, 0) is 37.9 Å². The molecule has 0 amide bonds. The van der Waals surface area contributed by atoms with Gasteiger partial charge in [-0.25, -0.2) is 0 Å². The van der Waals surface area contributed by atoms with Crippen molar-refractivity contribution in [3.05, 3.63) is 23.8 Å². The Morgan fingerprint density at radius 2 is 2.11 bits per heavy atom. The fourth-order valence-corrected chi connectivity index (χ4v) is 3.01. The van der Waals surface area contributed by atoms with Gasteiger partial charge < -0.3 is 14.6 Å². The molecule has 4 heteroatoms. The van der Waals surface area contributed by atoms with E-state index in [0.29, 0.717) is 12.6 Å². The zero-order valence-electron chi connectivity index (χ0n) is 11.3. The Bertz CT molecular complexity index is 443. The average Bonchev–Trinajstić information content (AvgIpc) is 2.82. The second kappa shape index (κ2) is 5.39. The molecule has 2 heterocycles.